The number of benzene rings is 1. The summed E-state index contributed by atoms with van der Waals surface area (Å²) in [6, 6.07) is 4.68. The van der Waals surface area contributed by atoms with Crippen LogP contribution in [0.2, 0.25) is 0 Å². The number of nitrogens with zero attached hydrogens (tertiary/aromatic N) is 2. The van der Waals surface area contributed by atoms with E-state index in [1.165, 1.54) is 6.07 Å². The Labute approximate surface area is 140 Å². The predicted octanol–water partition coefficient (Wildman–Crippen LogP) is 4.41. The molecule has 6 heteroatoms. The molecule has 0 saturated carbocycles. The summed E-state index contributed by atoms with van der Waals surface area (Å²) >= 11 is 6.75. The van der Waals surface area contributed by atoms with Crippen LogP contribution >= 0.6 is 31.9 Å². The number of aliphatic hydroxyl groups excluding tert-OH is 1. The molecule has 0 bridgehead atoms. The molecule has 0 spiro atoms. The second kappa shape index (κ2) is 7.03. The van der Waals surface area contributed by atoms with Gasteiger partial charge in [0.2, 0.25) is 0 Å². The molecule has 1 aromatic heterocycles. The van der Waals surface area contributed by atoms with E-state index in [9.17, 15) is 9.50 Å². The summed E-state index contributed by atoms with van der Waals surface area (Å²) in [6.07, 6.45) is 0.405. The van der Waals surface area contributed by atoms with Crippen molar-refractivity contribution < 1.29 is 9.50 Å². The van der Waals surface area contributed by atoms with Gasteiger partial charge in [0.25, 0.3) is 0 Å². The number of hydrogen-bond acceptors (Lipinski definition) is 2. The molecule has 0 aliphatic rings. The van der Waals surface area contributed by atoms with Gasteiger partial charge in [0.05, 0.1) is 26.4 Å². The lowest BCUT2D eigenvalue weighted by molar-refractivity contribution is 0.174. The van der Waals surface area contributed by atoms with Crippen molar-refractivity contribution in [1.82, 2.24) is 9.78 Å². The molecule has 0 aliphatic carbocycles. The number of aromatic nitrogens is 2. The average Bonchev–Trinajstić information content (AvgIpc) is 2.78. The molecule has 0 radical (unpaired) electrons. The summed E-state index contributed by atoms with van der Waals surface area (Å²) in [6.45, 7) is 4.77. The summed E-state index contributed by atoms with van der Waals surface area (Å²) in [7, 11) is 0. The smallest absolute Gasteiger partial charge is 0.137 e. The Bertz CT molecular complexity index is 643. The number of aliphatic hydroxyl groups is 1. The van der Waals surface area contributed by atoms with Gasteiger partial charge in [0.1, 0.15) is 5.82 Å². The van der Waals surface area contributed by atoms with Crippen molar-refractivity contribution >= 4 is 31.9 Å². The highest BCUT2D eigenvalue weighted by Gasteiger charge is 2.20. The number of halogens is 3. The van der Waals surface area contributed by atoms with Crippen LogP contribution in [0.25, 0.3) is 0 Å². The van der Waals surface area contributed by atoms with Crippen molar-refractivity contribution in [2.24, 2.45) is 0 Å². The van der Waals surface area contributed by atoms with E-state index >= 15 is 0 Å². The summed E-state index contributed by atoms with van der Waals surface area (Å²) in [5.41, 5.74) is 2.44. The molecule has 0 amide bonds. The average molecular weight is 420 g/mol. The second-order valence-electron chi connectivity index (χ2n) is 4.74. The van der Waals surface area contributed by atoms with E-state index in [-0.39, 0.29) is 5.82 Å². The van der Waals surface area contributed by atoms with Gasteiger partial charge in [-0.2, -0.15) is 5.10 Å². The fraction of sp³-hybridized carbons (Fsp3) is 0.400. The Morgan fingerprint density at radius 3 is 2.62 bits per heavy atom. The molecule has 114 valence electrons. The van der Waals surface area contributed by atoms with Crippen LogP contribution in [0.1, 0.15) is 36.9 Å². The first-order chi connectivity index (χ1) is 9.99. The minimum atomic E-state index is -0.793. The molecular weight excluding hydrogens is 403 g/mol. The molecule has 0 saturated heterocycles. The van der Waals surface area contributed by atoms with Gasteiger partial charge >= 0.3 is 0 Å². The Kier molecular flexibility index (Phi) is 5.57. The summed E-state index contributed by atoms with van der Waals surface area (Å²) in [5, 5.41) is 15.0. The zero-order chi connectivity index (χ0) is 15.6. The molecule has 2 aromatic rings. The van der Waals surface area contributed by atoms with Crippen LogP contribution in [-0.4, -0.2) is 14.9 Å². The zero-order valence-corrected chi connectivity index (χ0v) is 15.1. The first kappa shape index (κ1) is 16.6. The van der Waals surface area contributed by atoms with Crippen molar-refractivity contribution in [3.8, 4) is 0 Å². The zero-order valence-electron chi connectivity index (χ0n) is 11.9. The molecule has 1 aromatic carbocycles. The molecule has 1 heterocycles. The van der Waals surface area contributed by atoms with E-state index in [1.54, 1.807) is 12.1 Å². The highest BCUT2D eigenvalue weighted by molar-refractivity contribution is 9.10. The number of rotatable bonds is 5. The normalized spacial score (nSPS) is 12.7. The van der Waals surface area contributed by atoms with Gasteiger partial charge in [0.15, 0.2) is 0 Å². The van der Waals surface area contributed by atoms with Crippen molar-refractivity contribution in [2.45, 2.75) is 39.3 Å². The van der Waals surface area contributed by atoms with E-state index in [4.69, 9.17) is 0 Å². The molecule has 1 N–H and O–H groups in total. The quantitative estimate of drug-likeness (QED) is 0.779. The molecule has 21 heavy (non-hydrogen) atoms. The van der Waals surface area contributed by atoms with Crippen molar-refractivity contribution in [2.75, 3.05) is 0 Å². The monoisotopic (exact) mass is 418 g/mol. The maximum atomic E-state index is 13.6. The fourth-order valence-corrected chi connectivity index (χ4v) is 3.54. The van der Waals surface area contributed by atoms with Crippen LogP contribution in [-0.2, 0) is 19.4 Å². The van der Waals surface area contributed by atoms with Gasteiger partial charge in [-0.3, -0.25) is 4.68 Å². The van der Waals surface area contributed by atoms with E-state index in [1.807, 2.05) is 18.5 Å². The lowest BCUT2D eigenvalue weighted by Crippen LogP contribution is -2.09. The van der Waals surface area contributed by atoms with Crippen LogP contribution in [0.5, 0.6) is 0 Å². The lowest BCUT2D eigenvalue weighted by atomic mass is 10.0. The first-order valence-electron chi connectivity index (χ1n) is 6.85. The van der Waals surface area contributed by atoms with Crippen LogP contribution in [0.3, 0.4) is 0 Å². The van der Waals surface area contributed by atoms with Gasteiger partial charge in [-0.15, -0.1) is 0 Å². The van der Waals surface area contributed by atoms with E-state index < -0.39 is 6.10 Å². The largest absolute Gasteiger partial charge is 0.388 e. The second-order valence-corrected chi connectivity index (χ2v) is 6.33. The number of hydrogen-bond donors (Lipinski definition) is 1. The molecular formula is C15H17Br2FN2O. The third kappa shape index (κ3) is 3.38. The SMILES string of the molecule is CCc1nn(CC)c(CC(O)c2cccc(F)c2Br)c1Br. The van der Waals surface area contributed by atoms with Gasteiger partial charge in [-0.05, 0) is 56.8 Å². The van der Waals surface area contributed by atoms with E-state index in [2.05, 4.69) is 37.0 Å². The molecule has 3 nitrogen and oxygen atoms in total. The number of aryl methyl sites for hydroxylation is 2. The lowest BCUT2D eigenvalue weighted by Gasteiger charge is -2.14. The van der Waals surface area contributed by atoms with Gasteiger partial charge < -0.3 is 5.11 Å². The van der Waals surface area contributed by atoms with Crippen LogP contribution in [0.4, 0.5) is 4.39 Å². The van der Waals surface area contributed by atoms with Crippen LogP contribution in [0, 0.1) is 5.82 Å². The Hall–Kier alpha value is -0.720. The van der Waals surface area contributed by atoms with Crippen molar-refractivity contribution in [1.29, 1.82) is 0 Å². The topological polar surface area (TPSA) is 38.0 Å². The maximum absolute atomic E-state index is 13.6. The van der Waals surface area contributed by atoms with Crippen molar-refractivity contribution in [3.05, 3.63) is 49.9 Å². The fourth-order valence-electron chi connectivity index (χ4n) is 2.28. The third-order valence-corrected chi connectivity index (χ3v) is 5.17. The van der Waals surface area contributed by atoms with Gasteiger partial charge in [-0.25, -0.2) is 4.39 Å². The van der Waals surface area contributed by atoms with Crippen LogP contribution < -0.4 is 0 Å². The summed E-state index contributed by atoms with van der Waals surface area (Å²) in [5.74, 6) is -0.371. The molecule has 1 atom stereocenters. The molecule has 2 rings (SSSR count). The molecule has 1 unspecified atom stereocenters. The Morgan fingerprint density at radius 2 is 2.00 bits per heavy atom. The molecule has 0 fully saturated rings. The Morgan fingerprint density at radius 1 is 1.29 bits per heavy atom. The van der Waals surface area contributed by atoms with Crippen molar-refractivity contribution in [3.63, 3.8) is 0 Å². The highest BCUT2D eigenvalue weighted by atomic mass is 79.9. The van der Waals surface area contributed by atoms with Gasteiger partial charge in [0, 0.05) is 13.0 Å². The standard InChI is InChI=1S/C15H17Br2FN2O/c1-3-11-15(17)12(20(4-2)19-11)8-13(21)9-6-5-7-10(18)14(9)16/h5-7,13,21H,3-4,8H2,1-2H3. The maximum Gasteiger partial charge on any atom is 0.137 e. The van der Waals surface area contributed by atoms with Crippen LogP contribution in [0.15, 0.2) is 27.1 Å². The summed E-state index contributed by atoms with van der Waals surface area (Å²) in [4.78, 5) is 0. The van der Waals surface area contributed by atoms with E-state index in [0.717, 1.165) is 28.8 Å². The first-order valence-corrected chi connectivity index (χ1v) is 8.44. The predicted molar refractivity (Wildman–Crippen MR) is 87.7 cm³/mol. The Balaban J connectivity index is 2.33. The molecule has 0 aliphatic heterocycles. The minimum Gasteiger partial charge on any atom is -0.388 e. The van der Waals surface area contributed by atoms with E-state index in [0.29, 0.717) is 16.5 Å². The third-order valence-electron chi connectivity index (χ3n) is 3.42. The minimum absolute atomic E-state index is 0.312. The summed E-state index contributed by atoms with van der Waals surface area (Å²) < 4.78 is 16.7. The highest BCUT2D eigenvalue weighted by Crippen LogP contribution is 2.31. The van der Waals surface area contributed by atoms with Gasteiger partial charge in [-0.1, -0.05) is 19.1 Å².